The van der Waals surface area contributed by atoms with Crippen molar-refractivity contribution in [2.24, 2.45) is 0 Å². The second kappa shape index (κ2) is 9.28. The predicted octanol–water partition coefficient (Wildman–Crippen LogP) is 4.13. The monoisotopic (exact) mass is 450 g/mol. The maximum absolute atomic E-state index is 12.7. The second-order valence-electron chi connectivity index (χ2n) is 7.30. The topological polar surface area (TPSA) is 102 Å². The lowest BCUT2D eigenvalue weighted by Gasteiger charge is -2.12. The summed E-state index contributed by atoms with van der Waals surface area (Å²) in [5.41, 5.74) is 1.65. The van der Waals surface area contributed by atoms with Crippen molar-refractivity contribution in [2.45, 2.75) is 56.9 Å². The zero-order valence-corrected chi connectivity index (χ0v) is 18.9. The predicted molar refractivity (Wildman–Crippen MR) is 117 cm³/mol. The first kappa shape index (κ1) is 22.5. The standard InChI is InChI=1S/C21H26N2O5S2/c1-4-13(3)23-30(26,27)16-10-8-15(9-11-16)19(24)22-20-18(21(25)28-5-2)17(12-29-20)14-6-7-14/h8-14,23H,4-7H2,1-3H3,(H,22,24). The molecule has 0 radical (unpaired) electrons. The van der Waals surface area contributed by atoms with E-state index in [0.717, 1.165) is 18.4 Å². The van der Waals surface area contributed by atoms with E-state index in [1.54, 1.807) is 13.8 Å². The van der Waals surface area contributed by atoms with Crippen molar-refractivity contribution in [1.29, 1.82) is 0 Å². The molecule has 1 atom stereocenters. The van der Waals surface area contributed by atoms with Gasteiger partial charge in [-0.2, -0.15) is 0 Å². The summed E-state index contributed by atoms with van der Waals surface area (Å²) in [4.78, 5) is 25.2. The largest absolute Gasteiger partial charge is 0.462 e. The highest BCUT2D eigenvalue weighted by molar-refractivity contribution is 7.89. The summed E-state index contributed by atoms with van der Waals surface area (Å²) in [7, 11) is -3.64. The maximum atomic E-state index is 12.7. The second-order valence-corrected chi connectivity index (χ2v) is 9.89. The van der Waals surface area contributed by atoms with Gasteiger partial charge in [0.25, 0.3) is 5.91 Å². The Balaban J connectivity index is 1.78. The molecule has 1 fully saturated rings. The number of thiophene rings is 1. The van der Waals surface area contributed by atoms with E-state index in [2.05, 4.69) is 10.0 Å². The van der Waals surface area contributed by atoms with Crippen LogP contribution in [-0.2, 0) is 14.8 Å². The van der Waals surface area contributed by atoms with Crippen LogP contribution in [0.1, 0.15) is 72.2 Å². The molecular formula is C21H26N2O5S2. The summed E-state index contributed by atoms with van der Waals surface area (Å²) in [6.45, 7) is 5.68. The number of benzene rings is 1. The van der Waals surface area contributed by atoms with E-state index in [1.807, 2.05) is 12.3 Å². The highest BCUT2D eigenvalue weighted by atomic mass is 32.2. The summed E-state index contributed by atoms with van der Waals surface area (Å²) in [5, 5.41) is 5.14. The van der Waals surface area contributed by atoms with Gasteiger partial charge in [-0.25, -0.2) is 17.9 Å². The van der Waals surface area contributed by atoms with Gasteiger partial charge in [0, 0.05) is 11.6 Å². The number of carbonyl (C=O) groups excluding carboxylic acids is 2. The van der Waals surface area contributed by atoms with Crippen LogP contribution in [0.5, 0.6) is 0 Å². The Morgan fingerprint density at radius 1 is 1.20 bits per heavy atom. The molecule has 162 valence electrons. The van der Waals surface area contributed by atoms with Crippen LogP contribution in [-0.4, -0.2) is 32.9 Å². The van der Waals surface area contributed by atoms with Gasteiger partial charge in [0.1, 0.15) is 5.00 Å². The average Bonchev–Trinajstić information content (AvgIpc) is 3.48. The lowest BCUT2D eigenvalue weighted by Crippen LogP contribution is -2.32. The first-order valence-electron chi connectivity index (χ1n) is 9.99. The molecule has 1 heterocycles. The van der Waals surface area contributed by atoms with Crippen LogP contribution < -0.4 is 10.0 Å². The van der Waals surface area contributed by atoms with Gasteiger partial charge < -0.3 is 10.1 Å². The number of anilines is 1. The number of hydrogen-bond donors (Lipinski definition) is 2. The van der Waals surface area contributed by atoms with E-state index >= 15 is 0 Å². The third-order valence-corrected chi connectivity index (χ3v) is 7.46. The Kier molecular flexibility index (Phi) is 6.95. The van der Waals surface area contributed by atoms with E-state index in [9.17, 15) is 18.0 Å². The number of hydrogen-bond acceptors (Lipinski definition) is 6. The van der Waals surface area contributed by atoms with Gasteiger partial charge in [0.15, 0.2) is 0 Å². The van der Waals surface area contributed by atoms with Crippen LogP contribution in [0.2, 0.25) is 0 Å². The highest BCUT2D eigenvalue weighted by Gasteiger charge is 2.32. The quantitative estimate of drug-likeness (QED) is 0.559. The van der Waals surface area contributed by atoms with Crippen LogP contribution in [0, 0.1) is 0 Å². The summed E-state index contributed by atoms with van der Waals surface area (Å²) in [5.74, 6) is -0.508. The molecule has 0 bridgehead atoms. The Bertz CT molecular complexity index is 1020. The van der Waals surface area contributed by atoms with Crippen molar-refractivity contribution in [1.82, 2.24) is 4.72 Å². The van der Waals surface area contributed by atoms with Crippen LogP contribution in [0.25, 0.3) is 0 Å². The highest BCUT2D eigenvalue weighted by Crippen LogP contribution is 2.46. The fourth-order valence-corrected chi connectivity index (χ4v) is 5.30. The summed E-state index contributed by atoms with van der Waals surface area (Å²) in [6, 6.07) is 5.53. The molecule has 7 nitrogen and oxygen atoms in total. The lowest BCUT2D eigenvalue weighted by molar-refractivity contribution is 0.0527. The van der Waals surface area contributed by atoms with Crippen molar-refractivity contribution in [3.63, 3.8) is 0 Å². The molecule has 0 spiro atoms. The van der Waals surface area contributed by atoms with E-state index in [1.165, 1.54) is 35.6 Å². The minimum absolute atomic E-state index is 0.0960. The van der Waals surface area contributed by atoms with Crippen molar-refractivity contribution in [2.75, 3.05) is 11.9 Å². The molecule has 0 saturated heterocycles. The average molecular weight is 451 g/mol. The molecule has 1 aliphatic rings. The number of carbonyl (C=O) groups is 2. The summed E-state index contributed by atoms with van der Waals surface area (Å²) >= 11 is 1.30. The van der Waals surface area contributed by atoms with E-state index < -0.39 is 21.9 Å². The van der Waals surface area contributed by atoms with Crippen molar-refractivity contribution >= 4 is 38.2 Å². The van der Waals surface area contributed by atoms with Gasteiger partial charge in [-0.3, -0.25) is 4.79 Å². The van der Waals surface area contributed by atoms with Crippen LogP contribution in [0.15, 0.2) is 34.5 Å². The minimum atomic E-state index is -3.64. The third-order valence-electron chi connectivity index (χ3n) is 4.94. The molecular weight excluding hydrogens is 424 g/mol. The van der Waals surface area contributed by atoms with Crippen molar-refractivity contribution < 1.29 is 22.7 Å². The molecule has 2 aromatic rings. The summed E-state index contributed by atoms with van der Waals surface area (Å²) < 4.78 is 32.5. The van der Waals surface area contributed by atoms with E-state index in [0.29, 0.717) is 28.5 Å². The van der Waals surface area contributed by atoms with E-state index in [4.69, 9.17) is 4.74 Å². The summed E-state index contributed by atoms with van der Waals surface area (Å²) in [6.07, 6.45) is 2.72. The number of sulfonamides is 1. The SMILES string of the molecule is CCOC(=O)c1c(C2CC2)csc1NC(=O)c1ccc(S(=O)(=O)NC(C)CC)cc1. The van der Waals surface area contributed by atoms with Gasteiger partial charge in [-0.15, -0.1) is 11.3 Å². The van der Waals surface area contributed by atoms with Crippen molar-refractivity contribution in [3.8, 4) is 0 Å². The number of ether oxygens (including phenoxy) is 1. The Morgan fingerprint density at radius 2 is 1.87 bits per heavy atom. The van der Waals surface area contributed by atoms with Gasteiger partial charge >= 0.3 is 5.97 Å². The van der Waals surface area contributed by atoms with Gasteiger partial charge in [-0.05, 0) is 74.2 Å². The fourth-order valence-electron chi connectivity index (χ4n) is 2.95. The van der Waals surface area contributed by atoms with Crippen LogP contribution in [0.3, 0.4) is 0 Å². The molecule has 3 rings (SSSR count). The smallest absolute Gasteiger partial charge is 0.341 e. The number of esters is 1. The molecule has 1 amide bonds. The maximum Gasteiger partial charge on any atom is 0.341 e. The zero-order chi connectivity index (χ0) is 21.9. The number of rotatable bonds is 9. The fraction of sp³-hybridized carbons (Fsp3) is 0.429. The molecule has 1 unspecified atom stereocenters. The van der Waals surface area contributed by atoms with Crippen molar-refractivity contribution in [3.05, 3.63) is 46.3 Å². The minimum Gasteiger partial charge on any atom is -0.462 e. The van der Waals surface area contributed by atoms with Crippen LogP contribution in [0.4, 0.5) is 5.00 Å². The first-order valence-corrected chi connectivity index (χ1v) is 12.3. The lowest BCUT2D eigenvalue weighted by atomic mass is 10.1. The Morgan fingerprint density at radius 3 is 2.43 bits per heavy atom. The molecule has 30 heavy (non-hydrogen) atoms. The molecule has 1 aromatic carbocycles. The van der Waals surface area contributed by atoms with Gasteiger partial charge in [0.05, 0.1) is 17.1 Å². The van der Waals surface area contributed by atoms with Gasteiger partial charge in [0.2, 0.25) is 10.0 Å². The third kappa shape index (κ3) is 5.08. The number of amides is 1. The molecule has 1 saturated carbocycles. The molecule has 9 heteroatoms. The first-order chi connectivity index (χ1) is 14.3. The molecule has 0 aliphatic heterocycles. The molecule has 1 aliphatic carbocycles. The van der Waals surface area contributed by atoms with E-state index in [-0.39, 0.29) is 17.5 Å². The normalized spacial score (nSPS) is 14.9. The molecule has 2 N–H and O–H groups in total. The number of nitrogens with one attached hydrogen (secondary N) is 2. The Hall–Kier alpha value is -2.23. The zero-order valence-electron chi connectivity index (χ0n) is 17.2. The van der Waals surface area contributed by atoms with Gasteiger partial charge in [-0.1, -0.05) is 6.92 Å². The Labute approximate surface area is 180 Å². The molecule has 1 aromatic heterocycles. The van der Waals surface area contributed by atoms with Crippen LogP contribution >= 0.6 is 11.3 Å².